The van der Waals surface area contributed by atoms with E-state index in [1.54, 1.807) is 0 Å². The number of carbonyl (C=O) groups is 2. The summed E-state index contributed by atoms with van der Waals surface area (Å²) in [6.45, 7) is 9.55. The highest BCUT2D eigenvalue weighted by molar-refractivity contribution is 5.79. The fourth-order valence-electron chi connectivity index (χ4n) is 7.37. The SMILES string of the molecule is C=CCN(C(=O)NC1CCCCC1)C1CCN(O[C@]2(c3ccccc3)CN(C(=O)C3CCCC3)C[C@@H]2C)CC1. The molecular formula is C32H48N4O3. The van der Waals surface area contributed by atoms with Crippen molar-refractivity contribution in [1.82, 2.24) is 20.2 Å². The van der Waals surface area contributed by atoms with Crippen molar-refractivity contribution in [2.75, 3.05) is 32.7 Å². The van der Waals surface area contributed by atoms with E-state index in [-0.39, 0.29) is 23.9 Å². The minimum absolute atomic E-state index is 0.0485. The molecule has 4 aliphatic rings. The van der Waals surface area contributed by atoms with Gasteiger partial charge in [0.05, 0.1) is 6.54 Å². The Morgan fingerprint density at radius 2 is 1.69 bits per heavy atom. The van der Waals surface area contributed by atoms with Crippen LogP contribution in [0.25, 0.3) is 0 Å². The molecule has 0 unspecified atom stereocenters. The van der Waals surface area contributed by atoms with E-state index in [4.69, 9.17) is 4.84 Å². The topological polar surface area (TPSA) is 65.1 Å². The number of likely N-dealkylation sites (tertiary alicyclic amines) is 1. The van der Waals surface area contributed by atoms with Crippen LogP contribution < -0.4 is 5.32 Å². The molecule has 1 aromatic carbocycles. The van der Waals surface area contributed by atoms with Crippen LogP contribution in [0, 0.1) is 11.8 Å². The summed E-state index contributed by atoms with van der Waals surface area (Å²) in [5, 5.41) is 5.41. The fourth-order valence-corrected chi connectivity index (χ4v) is 7.37. The van der Waals surface area contributed by atoms with Crippen molar-refractivity contribution in [3.05, 3.63) is 48.6 Å². The third-order valence-electron chi connectivity index (χ3n) is 9.67. The van der Waals surface area contributed by atoms with Gasteiger partial charge in [0.25, 0.3) is 0 Å². The number of hydroxylamine groups is 2. The molecule has 214 valence electrons. The second-order valence-corrected chi connectivity index (χ2v) is 12.3. The van der Waals surface area contributed by atoms with Crippen LogP contribution in [0.1, 0.15) is 83.1 Å². The summed E-state index contributed by atoms with van der Waals surface area (Å²) < 4.78 is 0. The van der Waals surface area contributed by atoms with Gasteiger partial charge in [-0.3, -0.25) is 9.63 Å². The predicted octanol–water partition coefficient (Wildman–Crippen LogP) is 5.48. The van der Waals surface area contributed by atoms with Crippen LogP contribution >= 0.6 is 0 Å². The summed E-state index contributed by atoms with van der Waals surface area (Å²) in [5.74, 6) is 0.667. The van der Waals surface area contributed by atoms with Crippen molar-refractivity contribution in [3.8, 4) is 0 Å². The molecule has 39 heavy (non-hydrogen) atoms. The summed E-state index contributed by atoms with van der Waals surface area (Å²) in [5.41, 5.74) is 0.586. The van der Waals surface area contributed by atoms with E-state index in [0.29, 0.717) is 25.0 Å². The lowest BCUT2D eigenvalue weighted by molar-refractivity contribution is -0.268. The molecule has 2 aliphatic carbocycles. The Balaban J connectivity index is 1.24. The smallest absolute Gasteiger partial charge is 0.318 e. The molecule has 5 rings (SSSR count). The zero-order chi connectivity index (χ0) is 27.2. The number of rotatable bonds is 8. The Labute approximate surface area is 234 Å². The van der Waals surface area contributed by atoms with E-state index in [9.17, 15) is 9.59 Å². The number of nitrogens with one attached hydrogen (secondary N) is 1. The molecule has 2 atom stereocenters. The van der Waals surface area contributed by atoms with Gasteiger partial charge in [0.2, 0.25) is 5.91 Å². The van der Waals surface area contributed by atoms with Crippen LogP contribution in [-0.2, 0) is 15.2 Å². The van der Waals surface area contributed by atoms with Gasteiger partial charge in [-0.1, -0.05) is 75.4 Å². The van der Waals surface area contributed by atoms with Gasteiger partial charge in [0.15, 0.2) is 0 Å². The Morgan fingerprint density at radius 1 is 1.03 bits per heavy atom. The molecule has 7 heteroatoms. The van der Waals surface area contributed by atoms with E-state index in [2.05, 4.69) is 53.0 Å². The normalized spacial score (nSPS) is 27.5. The predicted molar refractivity (Wildman–Crippen MR) is 154 cm³/mol. The number of benzene rings is 1. The second-order valence-electron chi connectivity index (χ2n) is 12.3. The van der Waals surface area contributed by atoms with E-state index in [1.165, 1.54) is 19.3 Å². The zero-order valence-corrected chi connectivity index (χ0v) is 23.9. The molecule has 2 aliphatic heterocycles. The lowest BCUT2D eigenvalue weighted by atomic mass is 9.85. The first-order valence-electron chi connectivity index (χ1n) is 15.5. The van der Waals surface area contributed by atoms with E-state index in [0.717, 1.165) is 76.6 Å². The molecule has 0 bridgehead atoms. The number of carbonyl (C=O) groups excluding carboxylic acids is 2. The van der Waals surface area contributed by atoms with Crippen LogP contribution in [0.4, 0.5) is 4.79 Å². The number of nitrogens with zero attached hydrogens (tertiary/aromatic N) is 3. The molecule has 4 fully saturated rings. The lowest BCUT2D eigenvalue weighted by Crippen LogP contribution is -2.54. The summed E-state index contributed by atoms with van der Waals surface area (Å²) in [4.78, 5) is 37.6. The average Bonchev–Trinajstić information content (AvgIpc) is 3.62. The maximum absolute atomic E-state index is 13.4. The standard InChI is InChI=1S/C32H48N4O3/c1-3-20-36(31(38)33-28-16-8-5-9-17-28)29-18-21-35(22-19-29)39-32(27-14-6-4-7-15-27)24-34(23-25(32)2)30(37)26-12-10-11-13-26/h3-4,6-7,14-15,25-26,28-29H,1,5,8-13,16-24H2,2H3,(H,33,38)/t25-,32+/m0/s1. The highest BCUT2D eigenvalue weighted by atomic mass is 16.7. The first kappa shape index (κ1) is 28.2. The largest absolute Gasteiger partial charge is 0.339 e. The van der Waals surface area contributed by atoms with Crippen molar-refractivity contribution in [2.45, 2.75) is 95.2 Å². The van der Waals surface area contributed by atoms with Crippen LogP contribution in [0.2, 0.25) is 0 Å². The number of urea groups is 1. The highest BCUT2D eigenvalue weighted by Gasteiger charge is 2.51. The molecule has 0 aromatic heterocycles. The fraction of sp³-hybridized carbons (Fsp3) is 0.688. The third-order valence-corrected chi connectivity index (χ3v) is 9.67. The lowest BCUT2D eigenvalue weighted by Gasteiger charge is -2.43. The minimum atomic E-state index is -0.554. The van der Waals surface area contributed by atoms with Gasteiger partial charge >= 0.3 is 6.03 Å². The van der Waals surface area contributed by atoms with Gasteiger partial charge in [-0.05, 0) is 44.1 Å². The van der Waals surface area contributed by atoms with Gasteiger partial charge in [-0.25, -0.2) is 4.79 Å². The van der Waals surface area contributed by atoms with Crippen LogP contribution in [0.3, 0.4) is 0 Å². The third kappa shape index (κ3) is 6.35. The summed E-state index contributed by atoms with van der Waals surface area (Å²) >= 11 is 0. The molecule has 0 spiro atoms. The van der Waals surface area contributed by atoms with Gasteiger partial charge in [-0.2, -0.15) is 5.06 Å². The molecule has 1 aromatic rings. The van der Waals surface area contributed by atoms with Crippen LogP contribution in [0.15, 0.2) is 43.0 Å². The Kier molecular flexibility index (Phi) is 9.28. The summed E-state index contributed by atoms with van der Waals surface area (Å²) in [7, 11) is 0. The number of amides is 3. The summed E-state index contributed by atoms with van der Waals surface area (Å²) in [6, 6.07) is 11.0. The minimum Gasteiger partial charge on any atom is -0.339 e. The zero-order valence-electron chi connectivity index (χ0n) is 23.9. The van der Waals surface area contributed by atoms with E-state index >= 15 is 0 Å². The van der Waals surface area contributed by atoms with Crippen molar-refractivity contribution in [3.63, 3.8) is 0 Å². The second kappa shape index (κ2) is 12.9. The molecule has 1 N–H and O–H groups in total. The van der Waals surface area contributed by atoms with Gasteiger partial charge in [0.1, 0.15) is 5.60 Å². The first-order chi connectivity index (χ1) is 19.0. The average molecular weight is 537 g/mol. The number of piperidine rings is 1. The maximum Gasteiger partial charge on any atom is 0.318 e. The Hall–Kier alpha value is -2.38. The molecule has 0 radical (unpaired) electrons. The first-order valence-corrected chi connectivity index (χ1v) is 15.5. The monoisotopic (exact) mass is 536 g/mol. The van der Waals surface area contributed by atoms with Crippen LogP contribution in [0.5, 0.6) is 0 Å². The number of hydrogen-bond acceptors (Lipinski definition) is 4. The van der Waals surface area contributed by atoms with Crippen molar-refractivity contribution < 1.29 is 14.4 Å². The quantitative estimate of drug-likeness (QED) is 0.447. The molecule has 7 nitrogen and oxygen atoms in total. The van der Waals surface area contributed by atoms with Gasteiger partial charge in [0, 0.05) is 50.1 Å². The molecular weight excluding hydrogens is 488 g/mol. The highest BCUT2D eigenvalue weighted by Crippen LogP contribution is 2.43. The Bertz CT molecular complexity index is 967. The van der Waals surface area contributed by atoms with Crippen molar-refractivity contribution in [2.24, 2.45) is 11.8 Å². The molecule has 2 saturated heterocycles. The molecule has 2 heterocycles. The molecule has 3 amide bonds. The summed E-state index contributed by atoms with van der Waals surface area (Å²) in [6.07, 6.45) is 13.8. The van der Waals surface area contributed by atoms with Crippen molar-refractivity contribution in [1.29, 1.82) is 0 Å². The van der Waals surface area contributed by atoms with Gasteiger partial charge < -0.3 is 15.1 Å². The Morgan fingerprint density at radius 3 is 2.36 bits per heavy atom. The number of hydrogen-bond donors (Lipinski definition) is 1. The van der Waals surface area contributed by atoms with Gasteiger partial charge in [-0.15, -0.1) is 6.58 Å². The van der Waals surface area contributed by atoms with E-state index < -0.39 is 5.60 Å². The van der Waals surface area contributed by atoms with Crippen LogP contribution in [-0.4, -0.2) is 71.6 Å². The van der Waals surface area contributed by atoms with Crippen molar-refractivity contribution >= 4 is 11.9 Å². The maximum atomic E-state index is 13.4. The van der Waals surface area contributed by atoms with E-state index in [1.807, 2.05) is 17.0 Å². The molecule has 2 saturated carbocycles.